The highest BCUT2D eigenvalue weighted by atomic mass is 16.5. The van der Waals surface area contributed by atoms with Gasteiger partial charge in [-0.3, -0.25) is 0 Å². The third-order valence-electron chi connectivity index (χ3n) is 4.23. The van der Waals surface area contributed by atoms with Crippen molar-refractivity contribution in [2.75, 3.05) is 6.61 Å². The highest BCUT2D eigenvalue weighted by Crippen LogP contribution is 2.16. The summed E-state index contributed by atoms with van der Waals surface area (Å²) < 4.78 is 10.2. The summed E-state index contributed by atoms with van der Waals surface area (Å²) >= 11 is 0. The average Bonchev–Trinajstić information content (AvgIpc) is 2.63. The van der Waals surface area contributed by atoms with E-state index in [1.54, 1.807) is 12.1 Å². The number of hydrogen-bond acceptors (Lipinski definition) is 4. The first-order chi connectivity index (χ1) is 13.5. The molecule has 0 spiro atoms. The van der Waals surface area contributed by atoms with Gasteiger partial charge in [0.05, 0.1) is 0 Å². The first kappa shape index (κ1) is 23.7. The molecule has 0 fully saturated rings. The van der Waals surface area contributed by atoms with Gasteiger partial charge in [-0.2, -0.15) is 0 Å². The van der Waals surface area contributed by atoms with Crippen molar-refractivity contribution in [3.05, 3.63) is 53.6 Å². The van der Waals surface area contributed by atoms with E-state index in [1.165, 1.54) is 44.9 Å². The molecule has 28 heavy (non-hydrogen) atoms. The molecule has 0 atom stereocenters. The van der Waals surface area contributed by atoms with Crippen LogP contribution in [0.3, 0.4) is 0 Å². The zero-order valence-electron chi connectivity index (χ0n) is 17.5. The summed E-state index contributed by atoms with van der Waals surface area (Å²) in [6, 6.07) is 5.53. The maximum absolute atomic E-state index is 11.8. The Balaban J connectivity index is 2.14. The van der Waals surface area contributed by atoms with E-state index >= 15 is 0 Å². The van der Waals surface area contributed by atoms with Crippen LogP contribution in [0.25, 0.3) is 0 Å². The number of esters is 2. The lowest BCUT2D eigenvalue weighted by molar-refractivity contribution is -0.137. The molecule has 4 heteroatoms. The standard InChI is InChI=1S/C24H34O4/c1-4-5-6-7-8-9-10-11-12-13-16-27-23(25)14-15-24(26)28-22-18-20(2)17-21(3)19-22/h12-15,17-19H,4-11,16H2,1-3H3/b13-12+,15-14+. The molecule has 0 N–H and O–H groups in total. The quantitative estimate of drug-likeness (QED) is 0.137. The molecular formula is C24H34O4. The topological polar surface area (TPSA) is 52.6 Å². The number of hydrogen-bond donors (Lipinski definition) is 0. The predicted octanol–water partition coefficient (Wildman–Crippen LogP) is 6.01. The summed E-state index contributed by atoms with van der Waals surface area (Å²) in [7, 11) is 0. The molecule has 0 radical (unpaired) electrons. The van der Waals surface area contributed by atoms with Crippen LogP contribution in [0, 0.1) is 13.8 Å². The van der Waals surface area contributed by atoms with Gasteiger partial charge < -0.3 is 9.47 Å². The summed E-state index contributed by atoms with van der Waals surface area (Å²) in [6.45, 7) is 6.30. The van der Waals surface area contributed by atoms with Crippen molar-refractivity contribution in [3.8, 4) is 5.75 Å². The average molecular weight is 387 g/mol. The molecule has 0 saturated carbocycles. The van der Waals surface area contributed by atoms with E-state index in [0.29, 0.717) is 5.75 Å². The van der Waals surface area contributed by atoms with Gasteiger partial charge in [-0.1, -0.05) is 63.7 Å². The third kappa shape index (κ3) is 12.1. The van der Waals surface area contributed by atoms with Gasteiger partial charge in [0.2, 0.25) is 0 Å². The molecule has 154 valence electrons. The molecule has 0 aromatic heterocycles. The van der Waals surface area contributed by atoms with Crippen molar-refractivity contribution >= 4 is 11.9 Å². The van der Waals surface area contributed by atoms with Crippen LogP contribution in [0.5, 0.6) is 5.75 Å². The monoisotopic (exact) mass is 386 g/mol. The van der Waals surface area contributed by atoms with Gasteiger partial charge in [0.15, 0.2) is 0 Å². The van der Waals surface area contributed by atoms with E-state index in [4.69, 9.17) is 9.47 Å². The summed E-state index contributed by atoms with van der Waals surface area (Å²) in [5.74, 6) is -0.691. The molecule has 1 aromatic carbocycles. The maximum atomic E-state index is 11.8. The van der Waals surface area contributed by atoms with Crippen LogP contribution in [0.1, 0.15) is 69.4 Å². The number of benzene rings is 1. The third-order valence-corrected chi connectivity index (χ3v) is 4.23. The fraction of sp³-hybridized carbons (Fsp3) is 0.500. The van der Waals surface area contributed by atoms with Crippen molar-refractivity contribution in [3.63, 3.8) is 0 Å². The smallest absolute Gasteiger partial charge is 0.336 e. The first-order valence-corrected chi connectivity index (χ1v) is 10.3. The Morgan fingerprint density at radius 1 is 0.821 bits per heavy atom. The van der Waals surface area contributed by atoms with Crippen LogP contribution >= 0.6 is 0 Å². The molecule has 0 heterocycles. The molecule has 0 amide bonds. The molecular weight excluding hydrogens is 352 g/mol. The number of rotatable bonds is 13. The van der Waals surface area contributed by atoms with Gasteiger partial charge in [-0.15, -0.1) is 0 Å². The van der Waals surface area contributed by atoms with Gasteiger partial charge in [0, 0.05) is 12.2 Å². The molecule has 0 saturated heterocycles. The molecule has 0 aliphatic carbocycles. The normalized spacial score (nSPS) is 11.2. The lowest BCUT2D eigenvalue weighted by Crippen LogP contribution is -2.07. The Bertz CT molecular complexity index is 638. The van der Waals surface area contributed by atoms with Crippen LogP contribution in [-0.4, -0.2) is 18.5 Å². The molecule has 1 aromatic rings. The fourth-order valence-corrected chi connectivity index (χ4v) is 2.86. The Kier molecular flexibility index (Phi) is 12.4. The molecule has 4 nitrogen and oxygen atoms in total. The number of carbonyl (C=O) groups is 2. The zero-order chi connectivity index (χ0) is 20.6. The van der Waals surface area contributed by atoms with Crippen molar-refractivity contribution in [2.45, 2.75) is 72.1 Å². The summed E-state index contributed by atoms with van der Waals surface area (Å²) in [4.78, 5) is 23.4. The second-order valence-corrected chi connectivity index (χ2v) is 7.09. The van der Waals surface area contributed by atoms with Crippen molar-refractivity contribution in [2.24, 2.45) is 0 Å². The number of allylic oxidation sites excluding steroid dienone is 1. The molecule has 0 aliphatic heterocycles. The number of unbranched alkanes of at least 4 members (excludes halogenated alkanes) is 7. The minimum absolute atomic E-state index is 0.214. The van der Waals surface area contributed by atoms with Gasteiger partial charge in [-0.25, -0.2) is 9.59 Å². The van der Waals surface area contributed by atoms with E-state index in [1.807, 2.05) is 32.1 Å². The second-order valence-electron chi connectivity index (χ2n) is 7.09. The lowest BCUT2D eigenvalue weighted by Gasteiger charge is -2.04. The van der Waals surface area contributed by atoms with Gasteiger partial charge in [0.25, 0.3) is 0 Å². The van der Waals surface area contributed by atoms with Gasteiger partial charge in [-0.05, 0) is 49.9 Å². The molecule has 0 bridgehead atoms. The summed E-state index contributed by atoms with van der Waals surface area (Å²) in [5, 5.41) is 0. The van der Waals surface area contributed by atoms with Crippen LogP contribution in [0.4, 0.5) is 0 Å². The Hall–Kier alpha value is -2.36. The summed E-state index contributed by atoms with van der Waals surface area (Å²) in [5.41, 5.74) is 2.02. The Labute approximate surface area is 169 Å². The van der Waals surface area contributed by atoms with E-state index in [2.05, 4.69) is 6.92 Å². The van der Waals surface area contributed by atoms with Crippen molar-refractivity contribution in [1.82, 2.24) is 0 Å². The minimum atomic E-state index is -0.601. The maximum Gasteiger partial charge on any atom is 0.336 e. The predicted molar refractivity (Wildman–Crippen MR) is 113 cm³/mol. The van der Waals surface area contributed by atoms with Gasteiger partial charge >= 0.3 is 11.9 Å². The Morgan fingerprint density at radius 3 is 2.11 bits per heavy atom. The van der Waals surface area contributed by atoms with Gasteiger partial charge in [0.1, 0.15) is 12.4 Å². The number of ether oxygens (including phenoxy) is 2. The van der Waals surface area contributed by atoms with E-state index in [9.17, 15) is 9.59 Å². The van der Waals surface area contributed by atoms with Crippen LogP contribution in [-0.2, 0) is 14.3 Å². The number of carbonyl (C=O) groups excluding carboxylic acids is 2. The van der Waals surface area contributed by atoms with Crippen LogP contribution < -0.4 is 4.74 Å². The zero-order valence-corrected chi connectivity index (χ0v) is 17.5. The van der Waals surface area contributed by atoms with E-state index in [-0.39, 0.29) is 6.61 Å². The molecule has 1 rings (SSSR count). The molecule has 0 aliphatic rings. The molecule has 0 unspecified atom stereocenters. The lowest BCUT2D eigenvalue weighted by atomic mass is 10.1. The highest BCUT2D eigenvalue weighted by molar-refractivity contribution is 5.92. The highest BCUT2D eigenvalue weighted by Gasteiger charge is 2.04. The van der Waals surface area contributed by atoms with Crippen molar-refractivity contribution < 1.29 is 19.1 Å². The van der Waals surface area contributed by atoms with Crippen LogP contribution in [0.2, 0.25) is 0 Å². The Morgan fingerprint density at radius 2 is 1.43 bits per heavy atom. The minimum Gasteiger partial charge on any atom is -0.458 e. The first-order valence-electron chi connectivity index (χ1n) is 10.3. The largest absolute Gasteiger partial charge is 0.458 e. The van der Waals surface area contributed by atoms with E-state index < -0.39 is 11.9 Å². The summed E-state index contributed by atoms with van der Waals surface area (Å²) in [6.07, 6.45) is 16.1. The second kappa shape index (κ2) is 14.7. The fourth-order valence-electron chi connectivity index (χ4n) is 2.86. The van der Waals surface area contributed by atoms with E-state index in [0.717, 1.165) is 29.7 Å². The number of aryl methyl sites for hydroxylation is 2. The SMILES string of the molecule is CCCCCCCCC/C=C/COC(=O)/C=C/C(=O)Oc1cc(C)cc(C)c1. The van der Waals surface area contributed by atoms with Crippen molar-refractivity contribution in [1.29, 1.82) is 0 Å². The van der Waals surface area contributed by atoms with Crippen LogP contribution in [0.15, 0.2) is 42.5 Å².